The fourth-order valence-corrected chi connectivity index (χ4v) is 4.55. The van der Waals surface area contributed by atoms with E-state index in [1.54, 1.807) is 49.7 Å². The first kappa shape index (κ1) is 25.9. The minimum Gasteiger partial charge on any atom is -0.491 e. The average Bonchev–Trinajstić information content (AvgIpc) is 2.79. The number of anilines is 1. The normalized spacial score (nSPS) is 22.8. The number of benzene rings is 1. The molecule has 0 unspecified atom stereocenters. The van der Waals surface area contributed by atoms with E-state index < -0.39 is 10.0 Å². The van der Waals surface area contributed by atoms with Crippen molar-refractivity contribution >= 4 is 21.6 Å². The molecule has 1 aliphatic heterocycles. The summed E-state index contributed by atoms with van der Waals surface area (Å²) in [5.74, 6) is 0.233. The Morgan fingerprint density at radius 3 is 2.56 bits per heavy atom. The van der Waals surface area contributed by atoms with Crippen LogP contribution in [-0.2, 0) is 21.3 Å². The maximum atomic E-state index is 13.2. The van der Waals surface area contributed by atoms with Gasteiger partial charge in [-0.15, -0.1) is 0 Å². The van der Waals surface area contributed by atoms with Crippen LogP contribution >= 0.6 is 0 Å². The molecular formula is C23H33N5O5S. The topological polar surface area (TPSA) is 114 Å². The van der Waals surface area contributed by atoms with E-state index in [0.29, 0.717) is 43.2 Å². The maximum Gasteiger partial charge on any atom is 0.257 e. The van der Waals surface area contributed by atoms with Crippen LogP contribution in [-0.4, -0.2) is 86.3 Å². The number of methoxy groups -OCH3 is 1. The number of nitrogens with one attached hydrogen (secondary N) is 1. The lowest BCUT2D eigenvalue weighted by Gasteiger charge is -2.36. The van der Waals surface area contributed by atoms with Gasteiger partial charge in [0.05, 0.1) is 23.6 Å². The summed E-state index contributed by atoms with van der Waals surface area (Å²) in [6.07, 6.45) is 5.99. The molecule has 1 aromatic carbocycles. The van der Waals surface area contributed by atoms with E-state index in [9.17, 15) is 13.2 Å². The van der Waals surface area contributed by atoms with Crippen molar-refractivity contribution in [2.24, 2.45) is 5.92 Å². The van der Waals surface area contributed by atoms with Gasteiger partial charge in [0.2, 0.25) is 10.0 Å². The van der Waals surface area contributed by atoms with Gasteiger partial charge < -0.3 is 14.4 Å². The van der Waals surface area contributed by atoms with Crippen molar-refractivity contribution in [3.8, 4) is 5.75 Å². The van der Waals surface area contributed by atoms with Gasteiger partial charge in [-0.1, -0.05) is 6.92 Å². The lowest BCUT2D eigenvalue weighted by Crippen LogP contribution is -2.46. The number of hydrogen-bond acceptors (Lipinski definition) is 8. The van der Waals surface area contributed by atoms with E-state index in [-0.39, 0.29) is 24.0 Å². The van der Waals surface area contributed by atoms with Crippen molar-refractivity contribution in [2.75, 3.05) is 44.8 Å². The number of amides is 1. The molecule has 0 spiro atoms. The lowest BCUT2D eigenvalue weighted by atomic mass is 10.0. The molecule has 34 heavy (non-hydrogen) atoms. The molecule has 0 radical (unpaired) electrons. The van der Waals surface area contributed by atoms with E-state index in [0.717, 1.165) is 11.8 Å². The van der Waals surface area contributed by atoms with Crippen LogP contribution in [0.5, 0.6) is 5.75 Å². The Morgan fingerprint density at radius 1 is 1.21 bits per heavy atom. The fraction of sp³-hybridized carbons (Fsp3) is 0.522. The van der Waals surface area contributed by atoms with Gasteiger partial charge in [0.1, 0.15) is 18.7 Å². The van der Waals surface area contributed by atoms with Gasteiger partial charge in [-0.2, -0.15) is 0 Å². The molecule has 1 N–H and O–H groups in total. The second-order valence-corrected chi connectivity index (χ2v) is 10.6. The molecule has 1 aromatic heterocycles. The number of sulfonamides is 1. The number of rotatable bonds is 5. The van der Waals surface area contributed by atoms with Crippen molar-refractivity contribution in [3.05, 3.63) is 48.0 Å². The lowest BCUT2D eigenvalue weighted by molar-refractivity contribution is 0.00918. The summed E-state index contributed by atoms with van der Waals surface area (Å²) in [4.78, 5) is 25.4. The first-order chi connectivity index (χ1) is 16.1. The van der Waals surface area contributed by atoms with Crippen molar-refractivity contribution in [1.82, 2.24) is 19.8 Å². The summed E-state index contributed by atoms with van der Waals surface area (Å²) >= 11 is 0. The summed E-state index contributed by atoms with van der Waals surface area (Å²) < 4.78 is 37.7. The summed E-state index contributed by atoms with van der Waals surface area (Å²) in [5.41, 5.74) is 1.67. The molecule has 2 heterocycles. The molecule has 0 saturated heterocycles. The number of likely N-dealkylation sites (N-methyl/N-ethyl adjacent to an activating group) is 1. The Balaban J connectivity index is 1.96. The molecule has 186 valence electrons. The first-order valence-electron chi connectivity index (χ1n) is 11.1. The van der Waals surface area contributed by atoms with E-state index in [4.69, 9.17) is 9.47 Å². The minimum absolute atomic E-state index is 0.0215. The molecule has 0 aliphatic carbocycles. The average molecular weight is 492 g/mol. The zero-order valence-electron chi connectivity index (χ0n) is 20.3. The van der Waals surface area contributed by atoms with Crippen molar-refractivity contribution in [1.29, 1.82) is 0 Å². The number of fused-ring (bicyclic) bond motifs is 1. The molecule has 0 saturated carbocycles. The number of aromatic nitrogens is 2. The Morgan fingerprint density at radius 2 is 1.91 bits per heavy atom. The molecule has 0 bridgehead atoms. The first-order valence-corrected chi connectivity index (χ1v) is 13.0. The van der Waals surface area contributed by atoms with E-state index in [1.165, 1.54) is 6.33 Å². The van der Waals surface area contributed by atoms with E-state index in [2.05, 4.69) is 33.4 Å². The third-order valence-corrected chi connectivity index (χ3v) is 6.49. The quantitative estimate of drug-likeness (QED) is 0.674. The highest BCUT2D eigenvalue weighted by molar-refractivity contribution is 7.92. The van der Waals surface area contributed by atoms with Crippen LogP contribution in [0.2, 0.25) is 0 Å². The predicted molar refractivity (Wildman–Crippen MR) is 129 cm³/mol. The van der Waals surface area contributed by atoms with Crippen LogP contribution in [0.25, 0.3) is 0 Å². The Bertz CT molecular complexity index is 1080. The summed E-state index contributed by atoms with van der Waals surface area (Å²) in [5, 5.41) is 0. The van der Waals surface area contributed by atoms with Gasteiger partial charge >= 0.3 is 0 Å². The van der Waals surface area contributed by atoms with Gasteiger partial charge in [0.25, 0.3) is 5.91 Å². The third kappa shape index (κ3) is 6.87. The van der Waals surface area contributed by atoms with Crippen molar-refractivity contribution in [2.45, 2.75) is 32.5 Å². The predicted octanol–water partition coefficient (Wildman–Crippen LogP) is 1.85. The van der Waals surface area contributed by atoms with Crippen LogP contribution in [0.15, 0.2) is 36.9 Å². The third-order valence-electron chi connectivity index (χ3n) is 5.88. The Labute approximate surface area is 201 Å². The number of carbonyl (C=O) groups excluding carboxylic acids is 1. The SMILES string of the molecule is CO[C@H]1CN(C)C(=O)c2ccc(NS(C)(=O)=O)cc2OC[C@H](C)N(Cc2cncnc2)C[C@H]1C. The largest absolute Gasteiger partial charge is 0.491 e. The van der Waals surface area contributed by atoms with Crippen LogP contribution in [0.1, 0.15) is 29.8 Å². The molecule has 11 heteroatoms. The van der Waals surface area contributed by atoms with Crippen LogP contribution < -0.4 is 9.46 Å². The van der Waals surface area contributed by atoms with Crippen LogP contribution in [0.3, 0.4) is 0 Å². The molecule has 0 fully saturated rings. The van der Waals surface area contributed by atoms with Crippen molar-refractivity contribution < 1.29 is 22.7 Å². The second kappa shape index (κ2) is 11.1. The molecule has 1 aliphatic rings. The molecule has 3 rings (SSSR count). The molecule has 3 atom stereocenters. The number of carbonyl (C=O) groups is 1. The minimum atomic E-state index is -3.48. The standard InChI is InChI=1S/C23H33N5O5S/c1-16-11-28(12-18-9-24-15-25-10-18)17(2)14-33-21-8-19(26-34(5,30)31)6-7-20(21)23(29)27(3)13-22(16)32-4/h6-10,15-17,22,26H,11-14H2,1-5H3/t16-,17+,22+/m1/s1. The Hall–Kier alpha value is -2.76. The van der Waals surface area contributed by atoms with E-state index in [1.807, 2.05) is 0 Å². The monoisotopic (exact) mass is 491 g/mol. The summed E-state index contributed by atoms with van der Waals surface area (Å²) in [6.45, 7) is 6.19. The maximum absolute atomic E-state index is 13.2. The second-order valence-electron chi connectivity index (χ2n) is 8.86. The molecule has 2 aromatic rings. The zero-order chi connectivity index (χ0) is 24.9. The number of nitrogens with zero attached hydrogens (tertiary/aromatic N) is 4. The highest BCUT2D eigenvalue weighted by Gasteiger charge is 2.28. The smallest absolute Gasteiger partial charge is 0.257 e. The van der Waals surface area contributed by atoms with Crippen molar-refractivity contribution in [3.63, 3.8) is 0 Å². The molecule has 10 nitrogen and oxygen atoms in total. The molecule has 1 amide bonds. The van der Waals surface area contributed by atoms with E-state index >= 15 is 0 Å². The highest BCUT2D eigenvalue weighted by Crippen LogP contribution is 2.27. The molecular weight excluding hydrogens is 458 g/mol. The van der Waals surface area contributed by atoms with Gasteiger partial charge in [-0.05, 0) is 25.0 Å². The van der Waals surface area contributed by atoms with Gasteiger partial charge in [-0.3, -0.25) is 14.4 Å². The van der Waals surface area contributed by atoms with Gasteiger partial charge in [0, 0.05) is 63.9 Å². The van der Waals surface area contributed by atoms with Gasteiger partial charge in [-0.25, -0.2) is 18.4 Å². The van der Waals surface area contributed by atoms with Crippen LogP contribution in [0, 0.1) is 5.92 Å². The fourth-order valence-electron chi connectivity index (χ4n) is 3.99. The highest BCUT2D eigenvalue weighted by atomic mass is 32.2. The zero-order valence-corrected chi connectivity index (χ0v) is 21.1. The Kier molecular flexibility index (Phi) is 8.45. The summed E-state index contributed by atoms with van der Waals surface area (Å²) in [7, 11) is -0.0962. The summed E-state index contributed by atoms with van der Waals surface area (Å²) in [6, 6.07) is 4.67. The van der Waals surface area contributed by atoms with Crippen LogP contribution in [0.4, 0.5) is 5.69 Å². The number of hydrogen-bond donors (Lipinski definition) is 1. The van der Waals surface area contributed by atoms with Gasteiger partial charge in [0.15, 0.2) is 0 Å². The number of ether oxygens (including phenoxy) is 2.